The number of β-amino-alcohol motifs (C(OH)–C–C–N with tert-alkyl or cyclic N) is 1. The van der Waals surface area contributed by atoms with E-state index in [1.807, 2.05) is 105 Å². The number of benzene rings is 4. The van der Waals surface area contributed by atoms with Crippen molar-refractivity contribution >= 4 is 46.9 Å². The largest absolute Gasteiger partial charge is 0.450 e. The number of aromatic nitrogens is 1. The SMILES string of the molecule is Cc1ncsc1-c1ccc(CNC(=O)[C@@H]2C[C@@H](O)CN2C(=O)C(NC(=O)CCCCCOC(N)=O)C(C)(C)SC(c2ccccc2)(c2ccccc2)c2ccccc2)cc1. The predicted octanol–water partition coefficient (Wildman–Crippen LogP) is 7.34. The molecule has 1 unspecified atom stereocenters. The van der Waals surface area contributed by atoms with Gasteiger partial charge in [0, 0.05) is 30.7 Å². The summed E-state index contributed by atoms with van der Waals surface area (Å²) < 4.78 is 2.98. The van der Waals surface area contributed by atoms with Crippen LogP contribution in [-0.2, 0) is 30.4 Å². The van der Waals surface area contributed by atoms with Crippen molar-refractivity contribution in [2.45, 2.75) is 87.1 Å². The zero-order valence-corrected chi connectivity index (χ0v) is 35.8. The Labute approximate surface area is 360 Å². The molecular formula is C47H53N5O6S2. The summed E-state index contributed by atoms with van der Waals surface area (Å²) in [5.41, 5.74) is 12.7. The van der Waals surface area contributed by atoms with Gasteiger partial charge in [-0.15, -0.1) is 23.1 Å². The molecule has 5 N–H and O–H groups in total. The van der Waals surface area contributed by atoms with E-state index in [0.29, 0.717) is 19.3 Å². The lowest BCUT2D eigenvalue weighted by Gasteiger charge is -2.45. The number of aliphatic hydroxyl groups is 1. The molecule has 1 saturated heterocycles. The summed E-state index contributed by atoms with van der Waals surface area (Å²) in [6, 6.07) is 36.1. The fourth-order valence-corrected chi connectivity index (χ4v) is 10.4. The zero-order valence-electron chi connectivity index (χ0n) is 34.2. The number of likely N-dealkylation sites (tertiary alicyclic amines) is 1. The van der Waals surface area contributed by atoms with Crippen LogP contribution in [0.4, 0.5) is 4.79 Å². The van der Waals surface area contributed by atoms with Gasteiger partial charge in [0.05, 0.1) is 33.5 Å². The molecule has 0 radical (unpaired) electrons. The molecule has 1 aliphatic heterocycles. The number of carbonyl (C=O) groups is 4. The number of rotatable bonds is 18. The Morgan fingerprint density at radius 1 is 0.883 bits per heavy atom. The molecule has 13 heteroatoms. The van der Waals surface area contributed by atoms with Crippen LogP contribution in [0, 0.1) is 6.92 Å². The number of carbonyl (C=O) groups excluding carboxylic acids is 4. The first-order chi connectivity index (χ1) is 28.9. The summed E-state index contributed by atoms with van der Waals surface area (Å²) in [4.78, 5) is 60.9. The van der Waals surface area contributed by atoms with Gasteiger partial charge in [-0.25, -0.2) is 9.78 Å². The van der Waals surface area contributed by atoms with Crippen LogP contribution < -0.4 is 16.4 Å². The lowest BCUT2D eigenvalue weighted by atomic mass is 9.84. The third-order valence-corrected chi connectivity index (χ3v) is 13.5. The number of thiazole rings is 1. The van der Waals surface area contributed by atoms with Crippen molar-refractivity contribution in [3.63, 3.8) is 0 Å². The van der Waals surface area contributed by atoms with E-state index in [0.717, 1.165) is 38.4 Å². The first-order valence-electron chi connectivity index (χ1n) is 20.2. The summed E-state index contributed by atoms with van der Waals surface area (Å²) in [6.07, 6.45) is 0.0286. The van der Waals surface area contributed by atoms with Gasteiger partial charge in [0.25, 0.3) is 0 Å². The maximum Gasteiger partial charge on any atom is 0.404 e. The molecule has 2 heterocycles. The van der Waals surface area contributed by atoms with E-state index in [1.165, 1.54) is 4.90 Å². The van der Waals surface area contributed by atoms with E-state index in [9.17, 15) is 19.5 Å². The minimum Gasteiger partial charge on any atom is -0.450 e. The Morgan fingerprint density at radius 2 is 1.47 bits per heavy atom. The van der Waals surface area contributed by atoms with Crippen molar-refractivity contribution < 1.29 is 29.0 Å². The Kier molecular flexibility index (Phi) is 14.8. The highest BCUT2D eigenvalue weighted by atomic mass is 32.2. The Bertz CT molecular complexity index is 2110. The van der Waals surface area contributed by atoms with E-state index < -0.39 is 39.7 Å². The third kappa shape index (κ3) is 10.6. The molecule has 0 saturated carbocycles. The number of aryl methyl sites for hydroxylation is 1. The fraction of sp³-hybridized carbons (Fsp3) is 0.340. The van der Waals surface area contributed by atoms with E-state index in [2.05, 4.69) is 52.0 Å². The number of nitrogens with zero attached hydrogens (tertiary/aromatic N) is 2. The molecule has 0 spiro atoms. The fourth-order valence-electron chi connectivity index (χ4n) is 7.78. The number of nitrogens with one attached hydrogen (secondary N) is 2. The minimum absolute atomic E-state index is 0.0603. The summed E-state index contributed by atoms with van der Waals surface area (Å²) in [5, 5.41) is 17.1. The van der Waals surface area contributed by atoms with Crippen molar-refractivity contribution in [3.05, 3.63) is 149 Å². The number of aliphatic hydroxyl groups excluding tert-OH is 1. The zero-order chi connectivity index (χ0) is 42.7. The number of nitrogens with two attached hydrogens (primary N) is 1. The Morgan fingerprint density at radius 3 is 2.00 bits per heavy atom. The number of hydrogen-bond donors (Lipinski definition) is 4. The van der Waals surface area contributed by atoms with E-state index >= 15 is 4.79 Å². The molecule has 4 aromatic carbocycles. The van der Waals surface area contributed by atoms with Gasteiger partial charge in [-0.1, -0.05) is 115 Å². The van der Waals surface area contributed by atoms with Gasteiger partial charge < -0.3 is 31.1 Å². The predicted molar refractivity (Wildman–Crippen MR) is 237 cm³/mol. The molecule has 6 rings (SSSR count). The molecule has 11 nitrogen and oxygen atoms in total. The van der Waals surface area contributed by atoms with Gasteiger partial charge >= 0.3 is 6.09 Å². The van der Waals surface area contributed by atoms with Crippen molar-refractivity contribution in [1.29, 1.82) is 0 Å². The van der Waals surface area contributed by atoms with Crippen molar-refractivity contribution in [3.8, 4) is 10.4 Å². The van der Waals surface area contributed by atoms with Crippen molar-refractivity contribution in [1.82, 2.24) is 20.5 Å². The van der Waals surface area contributed by atoms with Crippen LogP contribution >= 0.6 is 23.1 Å². The van der Waals surface area contributed by atoms with Gasteiger partial charge in [0.15, 0.2) is 0 Å². The monoisotopic (exact) mass is 847 g/mol. The van der Waals surface area contributed by atoms with Crippen LogP contribution in [-0.4, -0.2) is 74.9 Å². The number of primary amides is 1. The quantitative estimate of drug-likeness (QED) is 0.0526. The molecule has 4 amide bonds. The van der Waals surface area contributed by atoms with Crippen molar-refractivity contribution in [2.24, 2.45) is 5.73 Å². The van der Waals surface area contributed by atoms with E-state index in [-0.39, 0.29) is 44.4 Å². The molecule has 1 fully saturated rings. The van der Waals surface area contributed by atoms with Gasteiger partial charge in [-0.3, -0.25) is 14.4 Å². The average molecular weight is 848 g/mol. The Balaban J connectivity index is 1.29. The molecule has 0 bridgehead atoms. The summed E-state index contributed by atoms with van der Waals surface area (Å²) in [7, 11) is 0. The number of thioether (sulfide) groups is 1. The van der Waals surface area contributed by atoms with Crippen LogP contribution in [0.3, 0.4) is 0 Å². The van der Waals surface area contributed by atoms with Crippen LogP contribution in [0.1, 0.15) is 73.9 Å². The highest BCUT2D eigenvalue weighted by molar-refractivity contribution is 8.02. The second-order valence-electron chi connectivity index (χ2n) is 15.5. The molecule has 1 aliphatic rings. The van der Waals surface area contributed by atoms with Gasteiger partial charge in [-0.05, 0) is 67.9 Å². The summed E-state index contributed by atoms with van der Waals surface area (Å²) in [5.74, 6) is -1.18. The van der Waals surface area contributed by atoms with Gasteiger partial charge in [-0.2, -0.15) is 0 Å². The maximum atomic E-state index is 15.2. The first-order valence-corrected chi connectivity index (χ1v) is 21.9. The molecular weight excluding hydrogens is 795 g/mol. The average Bonchev–Trinajstić information content (AvgIpc) is 3.88. The second kappa shape index (κ2) is 20.2. The molecule has 3 atom stereocenters. The van der Waals surface area contributed by atoms with Gasteiger partial charge in [0.2, 0.25) is 17.7 Å². The van der Waals surface area contributed by atoms with Gasteiger partial charge in [0.1, 0.15) is 12.1 Å². The highest BCUT2D eigenvalue weighted by Crippen LogP contribution is 2.54. The maximum absolute atomic E-state index is 15.2. The van der Waals surface area contributed by atoms with Crippen LogP contribution in [0.15, 0.2) is 121 Å². The number of ether oxygens (including phenoxy) is 1. The summed E-state index contributed by atoms with van der Waals surface area (Å²) in [6.45, 7) is 6.19. The van der Waals surface area contributed by atoms with Crippen LogP contribution in [0.5, 0.6) is 0 Å². The Hall–Kier alpha value is -5.50. The van der Waals surface area contributed by atoms with E-state index in [4.69, 9.17) is 10.5 Å². The molecule has 314 valence electrons. The standard InChI is InChI=1S/C47H53N5O6S2/c1-32-41(59-31-50-32)34-25-23-33(24-26-34)29-49-43(55)39-28-38(53)30-52(39)44(56)42(51-40(54)22-14-7-15-27-58-45(48)57)46(2,3)60-47(35-16-8-4-9-17-35,36-18-10-5-11-19-36)37-20-12-6-13-21-37/h4-6,8-13,16-21,23-26,31,38-39,42,53H,7,14-15,22,27-30H2,1-3H3,(H2,48,57)(H,49,55)(H,51,54)/t38-,39+,42?/m1/s1. The topological polar surface area (TPSA) is 164 Å². The summed E-state index contributed by atoms with van der Waals surface area (Å²) >= 11 is 3.13. The van der Waals surface area contributed by atoms with Crippen LogP contribution in [0.2, 0.25) is 0 Å². The number of unbranched alkanes of at least 4 members (excludes halogenated alkanes) is 2. The third-order valence-electron chi connectivity index (χ3n) is 10.8. The molecule has 5 aromatic rings. The highest BCUT2D eigenvalue weighted by Gasteiger charge is 2.50. The minimum atomic E-state index is -1.12. The number of amides is 4. The lowest BCUT2D eigenvalue weighted by Crippen LogP contribution is -2.60. The van der Waals surface area contributed by atoms with E-state index in [1.54, 1.807) is 23.1 Å². The lowest BCUT2D eigenvalue weighted by molar-refractivity contribution is -0.142. The van der Waals surface area contributed by atoms with Crippen LogP contribution in [0.25, 0.3) is 10.4 Å². The molecule has 60 heavy (non-hydrogen) atoms. The normalized spacial score (nSPS) is 15.9. The smallest absolute Gasteiger partial charge is 0.404 e. The molecule has 1 aromatic heterocycles. The number of hydrogen-bond acceptors (Lipinski definition) is 9. The second-order valence-corrected chi connectivity index (χ2v) is 18.3. The first kappa shape index (κ1) is 44.1. The molecule has 0 aliphatic carbocycles. The van der Waals surface area contributed by atoms with Crippen molar-refractivity contribution in [2.75, 3.05) is 13.2 Å².